The van der Waals surface area contributed by atoms with Crippen LogP contribution in [0.15, 0.2) is 11.1 Å². The van der Waals surface area contributed by atoms with Gasteiger partial charge in [-0.2, -0.15) is 4.39 Å². The summed E-state index contributed by atoms with van der Waals surface area (Å²) in [6.45, 7) is 4.74. The molecule has 0 amide bonds. The molecule has 0 radical (unpaired) electrons. The van der Waals surface area contributed by atoms with E-state index in [9.17, 15) is 4.39 Å². The van der Waals surface area contributed by atoms with Crippen molar-refractivity contribution in [3.8, 4) is 0 Å². The number of hydrogen-bond donors (Lipinski definition) is 0. The zero-order chi connectivity index (χ0) is 12.4. The van der Waals surface area contributed by atoms with Gasteiger partial charge in [0.25, 0.3) is 0 Å². The van der Waals surface area contributed by atoms with Crippen LogP contribution in [0.5, 0.6) is 0 Å². The van der Waals surface area contributed by atoms with E-state index in [1.807, 2.05) is 18.0 Å². The summed E-state index contributed by atoms with van der Waals surface area (Å²) < 4.78 is 13.6. The SMILES string of the molecule is CCN(C)/C=N/c1cc(C2CC2)c(F)nc1C. The summed E-state index contributed by atoms with van der Waals surface area (Å²) in [6.07, 6.45) is 3.90. The van der Waals surface area contributed by atoms with Crippen molar-refractivity contribution in [2.24, 2.45) is 4.99 Å². The summed E-state index contributed by atoms with van der Waals surface area (Å²) in [4.78, 5) is 10.3. The number of aryl methyl sites for hydroxylation is 1. The Labute approximate surface area is 101 Å². The standard InChI is InChI=1S/C13H18FN3/c1-4-17(3)8-15-12-7-11(10-5-6-10)13(14)16-9(12)2/h7-8,10H,4-6H2,1-3H3/b15-8+. The molecule has 1 aliphatic rings. The second kappa shape index (κ2) is 4.82. The molecule has 3 nitrogen and oxygen atoms in total. The molecule has 4 heteroatoms. The lowest BCUT2D eigenvalue weighted by Gasteiger charge is -2.09. The van der Waals surface area contributed by atoms with Crippen molar-refractivity contribution in [3.05, 3.63) is 23.3 Å². The van der Waals surface area contributed by atoms with Gasteiger partial charge in [0, 0.05) is 19.2 Å². The van der Waals surface area contributed by atoms with Gasteiger partial charge >= 0.3 is 0 Å². The Bertz CT molecular complexity index is 439. The number of rotatable bonds is 4. The van der Waals surface area contributed by atoms with Crippen LogP contribution < -0.4 is 0 Å². The third-order valence-electron chi connectivity index (χ3n) is 3.08. The first-order chi connectivity index (χ1) is 8.11. The molecule has 1 aromatic rings. The molecule has 17 heavy (non-hydrogen) atoms. The number of pyridine rings is 1. The van der Waals surface area contributed by atoms with Crippen molar-refractivity contribution in [1.82, 2.24) is 9.88 Å². The van der Waals surface area contributed by atoms with Gasteiger partial charge in [0.1, 0.15) is 0 Å². The fourth-order valence-electron chi connectivity index (χ4n) is 1.63. The molecule has 1 aliphatic carbocycles. The van der Waals surface area contributed by atoms with Crippen LogP contribution in [0.3, 0.4) is 0 Å². The second-order valence-corrected chi connectivity index (χ2v) is 4.57. The summed E-state index contributed by atoms with van der Waals surface area (Å²) in [5.41, 5.74) is 2.14. The Hall–Kier alpha value is -1.45. The van der Waals surface area contributed by atoms with E-state index < -0.39 is 0 Å². The van der Waals surface area contributed by atoms with Gasteiger partial charge in [-0.3, -0.25) is 0 Å². The third-order valence-corrected chi connectivity index (χ3v) is 3.08. The van der Waals surface area contributed by atoms with Gasteiger partial charge in [0.15, 0.2) is 0 Å². The molecule has 1 fully saturated rings. The summed E-state index contributed by atoms with van der Waals surface area (Å²) in [5, 5.41) is 0. The monoisotopic (exact) mass is 235 g/mol. The van der Waals surface area contributed by atoms with Gasteiger partial charge in [0.05, 0.1) is 17.7 Å². The second-order valence-electron chi connectivity index (χ2n) is 4.57. The van der Waals surface area contributed by atoms with E-state index in [0.717, 1.165) is 30.6 Å². The average Bonchev–Trinajstić information content (AvgIpc) is 3.11. The van der Waals surface area contributed by atoms with Crippen molar-refractivity contribution in [2.45, 2.75) is 32.6 Å². The molecule has 0 saturated heterocycles. The molecule has 0 spiro atoms. The van der Waals surface area contributed by atoms with Gasteiger partial charge in [-0.05, 0) is 38.7 Å². The molecular weight excluding hydrogens is 217 g/mol. The average molecular weight is 235 g/mol. The molecule has 1 saturated carbocycles. The highest BCUT2D eigenvalue weighted by Crippen LogP contribution is 2.42. The molecule has 1 aromatic heterocycles. The minimum absolute atomic E-state index is 0.326. The van der Waals surface area contributed by atoms with Crippen LogP contribution in [-0.4, -0.2) is 29.8 Å². The smallest absolute Gasteiger partial charge is 0.216 e. The Morgan fingerprint density at radius 3 is 2.88 bits per heavy atom. The first-order valence-corrected chi connectivity index (χ1v) is 6.03. The predicted molar refractivity (Wildman–Crippen MR) is 67.4 cm³/mol. The highest BCUT2D eigenvalue weighted by molar-refractivity contribution is 5.62. The highest BCUT2D eigenvalue weighted by atomic mass is 19.1. The van der Waals surface area contributed by atoms with Crippen LogP contribution in [0.25, 0.3) is 0 Å². The van der Waals surface area contributed by atoms with Crippen molar-refractivity contribution >= 4 is 12.0 Å². The number of halogens is 1. The molecule has 0 atom stereocenters. The van der Waals surface area contributed by atoms with Crippen molar-refractivity contribution in [2.75, 3.05) is 13.6 Å². The minimum atomic E-state index is -0.326. The lowest BCUT2D eigenvalue weighted by Crippen LogP contribution is -2.14. The van der Waals surface area contributed by atoms with E-state index in [2.05, 4.69) is 16.9 Å². The zero-order valence-electron chi connectivity index (χ0n) is 10.6. The van der Waals surface area contributed by atoms with E-state index in [-0.39, 0.29) is 5.95 Å². The van der Waals surface area contributed by atoms with E-state index in [0.29, 0.717) is 11.6 Å². The van der Waals surface area contributed by atoms with Crippen molar-refractivity contribution in [1.29, 1.82) is 0 Å². The fraction of sp³-hybridized carbons (Fsp3) is 0.538. The van der Waals surface area contributed by atoms with E-state index in [1.54, 1.807) is 13.3 Å². The van der Waals surface area contributed by atoms with E-state index in [1.165, 1.54) is 0 Å². The lowest BCUT2D eigenvalue weighted by molar-refractivity contribution is 0.551. The summed E-state index contributed by atoms with van der Waals surface area (Å²) in [5.74, 6) is 0.0359. The normalized spacial score (nSPS) is 15.5. The first-order valence-electron chi connectivity index (χ1n) is 6.03. The van der Waals surface area contributed by atoms with Crippen LogP contribution in [0.4, 0.5) is 10.1 Å². The van der Waals surface area contributed by atoms with Gasteiger partial charge in [-0.15, -0.1) is 0 Å². The van der Waals surface area contributed by atoms with Crippen LogP contribution in [-0.2, 0) is 0 Å². The van der Waals surface area contributed by atoms with Crippen molar-refractivity contribution < 1.29 is 4.39 Å². The maximum atomic E-state index is 13.6. The summed E-state index contributed by atoms with van der Waals surface area (Å²) in [7, 11) is 1.96. The predicted octanol–water partition coefficient (Wildman–Crippen LogP) is 3.02. The number of aromatic nitrogens is 1. The molecule has 0 aliphatic heterocycles. The molecule has 0 N–H and O–H groups in total. The number of nitrogens with zero attached hydrogens (tertiary/aromatic N) is 3. The number of aliphatic imine (C=N–C) groups is 1. The van der Waals surface area contributed by atoms with Crippen LogP contribution >= 0.6 is 0 Å². The molecule has 0 unspecified atom stereocenters. The van der Waals surface area contributed by atoms with Crippen LogP contribution in [0, 0.1) is 12.9 Å². The summed E-state index contributed by atoms with van der Waals surface area (Å²) in [6, 6.07) is 1.84. The van der Waals surface area contributed by atoms with Gasteiger partial charge in [0.2, 0.25) is 5.95 Å². The fourth-order valence-corrected chi connectivity index (χ4v) is 1.63. The van der Waals surface area contributed by atoms with E-state index in [4.69, 9.17) is 0 Å². The molecule has 0 aromatic carbocycles. The highest BCUT2D eigenvalue weighted by Gasteiger charge is 2.27. The Morgan fingerprint density at radius 1 is 1.59 bits per heavy atom. The largest absolute Gasteiger partial charge is 0.366 e. The lowest BCUT2D eigenvalue weighted by atomic mass is 10.1. The molecule has 1 heterocycles. The quantitative estimate of drug-likeness (QED) is 0.456. The van der Waals surface area contributed by atoms with Crippen molar-refractivity contribution in [3.63, 3.8) is 0 Å². The first kappa shape index (κ1) is 12.0. The van der Waals surface area contributed by atoms with Crippen LogP contribution in [0.2, 0.25) is 0 Å². The zero-order valence-corrected chi connectivity index (χ0v) is 10.6. The van der Waals surface area contributed by atoms with Gasteiger partial charge in [-0.1, -0.05) is 0 Å². The topological polar surface area (TPSA) is 28.5 Å². The van der Waals surface area contributed by atoms with E-state index >= 15 is 0 Å². The molecule has 0 bridgehead atoms. The van der Waals surface area contributed by atoms with Gasteiger partial charge < -0.3 is 4.90 Å². The third kappa shape index (κ3) is 2.81. The Balaban J connectivity index is 2.26. The molecule has 92 valence electrons. The molecular formula is C13H18FN3. The Morgan fingerprint density at radius 2 is 2.29 bits per heavy atom. The number of hydrogen-bond acceptors (Lipinski definition) is 2. The maximum Gasteiger partial charge on any atom is 0.216 e. The summed E-state index contributed by atoms with van der Waals surface area (Å²) >= 11 is 0. The molecule has 2 rings (SSSR count). The Kier molecular flexibility index (Phi) is 3.41. The minimum Gasteiger partial charge on any atom is -0.366 e. The van der Waals surface area contributed by atoms with Crippen LogP contribution in [0.1, 0.15) is 36.9 Å². The maximum absolute atomic E-state index is 13.6. The van der Waals surface area contributed by atoms with Gasteiger partial charge in [-0.25, -0.2) is 9.98 Å².